The van der Waals surface area contributed by atoms with E-state index in [4.69, 9.17) is 0 Å². The average molecular weight is 428 g/mol. The van der Waals surface area contributed by atoms with E-state index in [0.29, 0.717) is 43.6 Å². The van der Waals surface area contributed by atoms with E-state index >= 15 is 0 Å². The number of thiol groups is 1. The number of hydrogen-bond acceptors (Lipinski definition) is 5. The third kappa shape index (κ3) is 5.91. The fourth-order valence-electron chi connectivity index (χ4n) is 2.57. The maximum Gasteiger partial charge on any atom is 0.243 e. The number of rotatable bonds is 5. The van der Waals surface area contributed by atoms with E-state index < -0.39 is 10.0 Å². The van der Waals surface area contributed by atoms with Crippen molar-refractivity contribution in [2.45, 2.75) is 11.4 Å². The molecule has 1 aromatic heterocycles. The summed E-state index contributed by atoms with van der Waals surface area (Å²) in [6.45, 7) is 2.88. The van der Waals surface area contributed by atoms with E-state index in [2.05, 4.69) is 33.2 Å². The molecule has 1 aliphatic rings. The molecule has 0 aliphatic carbocycles. The molecule has 1 aliphatic heterocycles. The van der Waals surface area contributed by atoms with Crippen LogP contribution in [-0.2, 0) is 16.6 Å². The quantitative estimate of drug-likeness (QED) is 0.385. The van der Waals surface area contributed by atoms with Gasteiger partial charge in [-0.15, -0.1) is 25.0 Å². The standard InChI is InChI=1S/C17H21N5O2S2.ClH/c23-26(24,22-10-8-18-9-11-22)16-5-3-15(4-6-16)21-17(25)20-13-14-2-1-7-19-12-14;/h1-7,12,18H,8-11,13H2,(H2,20,21,25);1H. The second-order valence-electron chi connectivity index (χ2n) is 5.80. The van der Waals surface area contributed by atoms with Crippen molar-refractivity contribution < 1.29 is 8.42 Å². The Morgan fingerprint density at radius 2 is 1.93 bits per heavy atom. The molecule has 0 unspecified atom stereocenters. The van der Waals surface area contributed by atoms with Crippen molar-refractivity contribution in [2.24, 2.45) is 4.99 Å². The van der Waals surface area contributed by atoms with Crippen molar-refractivity contribution in [3.8, 4) is 0 Å². The Kier molecular flexibility index (Phi) is 8.06. The molecule has 2 aromatic rings. The summed E-state index contributed by atoms with van der Waals surface area (Å²) in [5.74, 6) is 0. The van der Waals surface area contributed by atoms with Crippen molar-refractivity contribution >= 4 is 45.9 Å². The van der Waals surface area contributed by atoms with Crippen LogP contribution in [0.4, 0.5) is 5.69 Å². The monoisotopic (exact) mass is 427 g/mol. The van der Waals surface area contributed by atoms with Crippen molar-refractivity contribution in [2.75, 3.05) is 26.2 Å². The van der Waals surface area contributed by atoms with Gasteiger partial charge in [-0.2, -0.15) is 4.31 Å². The molecule has 2 N–H and O–H groups in total. The number of benzene rings is 1. The molecule has 1 saturated heterocycles. The van der Waals surface area contributed by atoms with Crippen molar-refractivity contribution in [1.82, 2.24) is 19.9 Å². The van der Waals surface area contributed by atoms with Gasteiger partial charge in [0, 0.05) is 45.1 Å². The molecule has 1 fully saturated rings. The molecule has 0 atom stereocenters. The zero-order valence-electron chi connectivity index (χ0n) is 14.6. The first-order valence-electron chi connectivity index (χ1n) is 8.27. The lowest BCUT2D eigenvalue weighted by molar-refractivity contribution is 0.360. The summed E-state index contributed by atoms with van der Waals surface area (Å²) in [4.78, 5) is 8.67. The van der Waals surface area contributed by atoms with E-state index in [1.54, 1.807) is 36.7 Å². The third-order valence-corrected chi connectivity index (χ3v) is 6.13. The lowest BCUT2D eigenvalue weighted by Crippen LogP contribution is -2.46. The predicted molar refractivity (Wildman–Crippen MR) is 112 cm³/mol. The summed E-state index contributed by atoms with van der Waals surface area (Å²) >= 11 is 4.32. The number of aromatic nitrogens is 1. The van der Waals surface area contributed by atoms with Crippen molar-refractivity contribution in [3.63, 3.8) is 0 Å². The molecule has 3 rings (SSSR count). The average Bonchev–Trinajstić information content (AvgIpc) is 2.68. The predicted octanol–water partition coefficient (Wildman–Crippen LogP) is 1.80. The van der Waals surface area contributed by atoms with Crippen molar-refractivity contribution in [3.05, 3.63) is 54.4 Å². The third-order valence-electron chi connectivity index (χ3n) is 3.96. The minimum atomic E-state index is -3.45. The van der Waals surface area contributed by atoms with Crippen LogP contribution in [0.15, 0.2) is 58.7 Å². The van der Waals surface area contributed by atoms with Crippen LogP contribution in [0, 0.1) is 0 Å². The van der Waals surface area contributed by atoms with Gasteiger partial charge in [-0.05, 0) is 35.9 Å². The van der Waals surface area contributed by atoms with Gasteiger partial charge in [0.05, 0.1) is 10.6 Å². The number of nitrogens with one attached hydrogen (secondary N) is 2. The first-order valence-corrected chi connectivity index (χ1v) is 10.2. The Hall–Kier alpha value is -1.65. The van der Waals surface area contributed by atoms with Gasteiger partial charge in [0.2, 0.25) is 10.0 Å². The number of sulfonamides is 1. The van der Waals surface area contributed by atoms with Crippen LogP contribution in [0.5, 0.6) is 0 Å². The summed E-state index contributed by atoms with van der Waals surface area (Å²) < 4.78 is 26.7. The van der Waals surface area contributed by atoms with Crippen LogP contribution in [0.25, 0.3) is 0 Å². The van der Waals surface area contributed by atoms with Crippen LogP contribution in [0.3, 0.4) is 0 Å². The molecule has 0 radical (unpaired) electrons. The normalized spacial score (nSPS) is 15.8. The van der Waals surface area contributed by atoms with Crippen LogP contribution in [-0.4, -0.2) is 49.1 Å². The van der Waals surface area contributed by atoms with Gasteiger partial charge in [0.15, 0.2) is 5.17 Å². The minimum absolute atomic E-state index is 0. The smallest absolute Gasteiger partial charge is 0.243 e. The highest BCUT2D eigenvalue weighted by molar-refractivity contribution is 7.96. The molecule has 0 amide bonds. The van der Waals surface area contributed by atoms with Gasteiger partial charge in [0.1, 0.15) is 0 Å². The van der Waals surface area contributed by atoms with Gasteiger partial charge in [0.25, 0.3) is 0 Å². The summed E-state index contributed by atoms with van der Waals surface area (Å²) in [5, 5.41) is 6.68. The Balaban J connectivity index is 0.00000261. The fourth-order valence-corrected chi connectivity index (χ4v) is 4.21. The Morgan fingerprint density at radius 1 is 1.22 bits per heavy atom. The number of nitrogens with zero attached hydrogens (tertiary/aromatic N) is 3. The molecule has 7 nitrogen and oxygen atoms in total. The minimum Gasteiger partial charge on any atom is -0.361 e. The molecule has 146 valence electrons. The lowest BCUT2D eigenvalue weighted by atomic mass is 10.3. The Bertz CT molecular complexity index is 855. The highest BCUT2D eigenvalue weighted by Gasteiger charge is 2.25. The molecule has 2 heterocycles. The Morgan fingerprint density at radius 3 is 2.56 bits per heavy atom. The van der Waals surface area contributed by atoms with Crippen LogP contribution < -0.4 is 10.6 Å². The molecule has 1 aromatic carbocycles. The topological polar surface area (TPSA) is 86.7 Å². The molecule has 27 heavy (non-hydrogen) atoms. The van der Waals surface area contributed by atoms with E-state index in [1.807, 2.05) is 12.1 Å². The zero-order chi connectivity index (χ0) is 18.4. The number of halogens is 1. The van der Waals surface area contributed by atoms with Crippen LogP contribution >= 0.6 is 25.0 Å². The maximum atomic E-state index is 12.6. The second kappa shape index (κ2) is 10.0. The number of amidine groups is 1. The zero-order valence-corrected chi connectivity index (χ0v) is 17.1. The van der Waals surface area contributed by atoms with Crippen molar-refractivity contribution in [1.29, 1.82) is 0 Å². The summed E-state index contributed by atoms with van der Waals surface area (Å²) in [5.41, 5.74) is 1.65. The van der Waals surface area contributed by atoms with Gasteiger partial charge >= 0.3 is 0 Å². The first-order chi connectivity index (χ1) is 12.6. The second-order valence-corrected chi connectivity index (χ2v) is 8.16. The summed E-state index contributed by atoms with van der Waals surface area (Å²) in [7, 11) is -3.45. The SMILES string of the molecule is Cl.O=S(=O)(c1ccc(N=C(S)NCc2cccnc2)cc1)N1CCNCC1. The molecule has 0 spiro atoms. The molecular weight excluding hydrogens is 406 g/mol. The fraction of sp³-hybridized carbons (Fsp3) is 0.294. The summed E-state index contributed by atoms with van der Waals surface area (Å²) in [6, 6.07) is 10.3. The number of pyridine rings is 1. The van der Waals surface area contributed by atoms with Gasteiger partial charge in [-0.3, -0.25) is 4.98 Å². The Labute approximate surface area is 171 Å². The maximum absolute atomic E-state index is 12.6. The highest BCUT2D eigenvalue weighted by Crippen LogP contribution is 2.20. The molecule has 0 saturated carbocycles. The van der Waals surface area contributed by atoms with Crippen LogP contribution in [0.2, 0.25) is 0 Å². The van der Waals surface area contributed by atoms with Gasteiger partial charge < -0.3 is 10.6 Å². The van der Waals surface area contributed by atoms with E-state index in [9.17, 15) is 8.42 Å². The van der Waals surface area contributed by atoms with Crippen LogP contribution in [0.1, 0.15) is 5.56 Å². The first kappa shape index (κ1) is 21.6. The lowest BCUT2D eigenvalue weighted by Gasteiger charge is -2.26. The summed E-state index contributed by atoms with van der Waals surface area (Å²) in [6.07, 6.45) is 3.49. The molecular formula is C17H22ClN5O2S2. The number of hydrogen-bond donors (Lipinski definition) is 3. The number of aliphatic imine (C=N–C) groups is 1. The van der Waals surface area contributed by atoms with Gasteiger partial charge in [-0.1, -0.05) is 6.07 Å². The van der Waals surface area contributed by atoms with E-state index in [0.717, 1.165) is 5.56 Å². The molecule has 0 bridgehead atoms. The van der Waals surface area contributed by atoms with E-state index in [-0.39, 0.29) is 17.3 Å². The van der Waals surface area contributed by atoms with Gasteiger partial charge in [-0.25, -0.2) is 13.4 Å². The van der Waals surface area contributed by atoms with E-state index in [1.165, 1.54) is 4.31 Å². The number of piperazine rings is 1. The largest absolute Gasteiger partial charge is 0.361 e. The highest BCUT2D eigenvalue weighted by atomic mass is 35.5. The molecule has 10 heteroatoms.